The number of nitrogens with one attached hydrogen (secondary N) is 1. The number of carbonyl (C=O) groups is 1. The summed E-state index contributed by atoms with van der Waals surface area (Å²) in [5.41, 5.74) is 9.22. The molecular weight excluding hydrogens is 422 g/mol. The summed E-state index contributed by atoms with van der Waals surface area (Å²) in [5.74, 6) is -1.11. The van der Waals surface area contributed by atoms with Crippen molar-refractivity contribution in [2.24, 2.45) is 5.10 Å². The van der Waals surface area contributed by atoms with Crippen LogP contribution < -0.4 is 5.43 Å². The van der Waals surface area contributed by atoms with Gasteiger partial charge in [-0.25, -0.2) is 5.43 Å². The van der Waals surface area contributed by atoms with Gasteiger partial charge >= 0.3 is 0 Å². The first kappa shape index (κ1) is 20.8. The molecule has 1 aromatic heterocycles. The molecule has 3 rings (SSSR count). The third kappa shape index (κ3) is 4.06. The molecule has 0 atom stereocenters. The van der Waals surface area contributed by atoms with Crippen molar-refractivity contribution in [2.75, 3.05) is 13.2 Å². The molecule has 1 N–H and O–H groups in total. The smallest absolute Gasteiger partial charge is 0.245 e. The van der Waals surface area contributed by atoms with Gasteiger partial charge in [0.1, 0.15) is 0 Å². The molecule has 1 aliphatic heterocycles. The van der Waals surface area contributed by atoms with Gasteiger partial charge < -0.3 is 14.0 Å². The van der Waals surface area contributed by atoms with Crippen molar-refractivity contribution in [1.82, 2.24) is 9.99 Å². The second-order valence-corrected chi connectivity index (χ2v) is 8.07. The van der Waals surface area contributed by atoms with Crippen molar-refractivity contribution in [1.29, 1.82) is 0 Å². The fourth-order valence-corrected chi connectivity index (χ4v) is 4.19. The molecule has 1 fully saturated rings. The summed E-state index contributed by atoms with van der Waals surface area (Å²) in [6.45, 7) is 11.1. The van der Waals surface area contributed by atoms with Crippen LogP contribution >= 0.6 is 15.9 Å². The average Bonchev–Trinajstić information content (AvgIpc) is 3.13. The predicted octanol–water partition coefficient (Wildman–Crippen LogP) is 4.08. The Hall–Kier alpha value is -1.96. The van der Waals surface area contributed by atoms with E-state index in [1.165, 1.54) is 16.8 Å². The molecule has 1 aromatic carbocycles. The summed E-state index contributed by atoms with van der Waals surface area (Å²) in [7, 11) is 0. The molecule has 7 heteroatoms. The third-order valence-electron chi connectivity index (χ3n) is 5.04. The second kappa shape index (κ2) is 8.19. The number of hydrogen-bond donors (Lipinski definition) is 1. The van der Waals surface area contributed by atoms with Crippen LogP contribution in [0.4, 0.5) is 0 Å². The summed E-state index contributed by atoms with van der Waals surface area (Å²) in [6.07, 6.45) is 1.78. The molecule has 0 spiro atoms. The number of nitrogens with zero attached hydrogens (tertiary/aromatic N) is 2. The molecule has 6 nitrogen and oxygen atoms in total. The maximum Gasteiger partial charge on any atom is 0.245 e. The van der Waals surface area contributed by atoms with Crippen LogP contribution in [-0.4, -0.2) is 35.7 Å². The van der Waals surface area contributed by atoms with Gasteiger partial charge in [0.05, 0.1) is 31.5 Å². The highest BCUT2D eigenvalue weighted by molar-refractivity contribution is 9.10. The lowest BCUT2D eigenvalue weighted by molar-refractivity contribution is -0.159. The zero-order chi connectivity index (χ0) is 20.5. The predicted molar refractivity (Wildman–Crippen MR) is 113 cm³/mol. The molecule has 28 heavy (non-hydrogen) atoms. The molecule has 0 saturated carbocycles. The number of ether oxygens (including phenoxy) is 2. The minimum absolute atomic E-state index is 0.104. The van der Waals surface area contributed by atoms with E-state index in [1.807, 2.05) is 6.92 Å². The number of para-hydroxylation sites is 1. The maximum atomic E-state index is 12.1. The number of rotatable bonds is 5. The summed E-state index contributed by atoms with van der Waals surface area (Å²) < 4.78 is 14.1. The molecule has 0 unspecified atom stereocenters. The minimum Gasteiger partial charge on any atom is -0.347 e. The van der Waals surface area contributed by atoms with Gasteiger partial charge in [0.2, 0.25) is 5.91 Å². The van der Waals surface area contributed by atoms with Crippen molar-refractivity contribution in [3.8, 4) is 5.69 Å². The molecule has 1 saturated heterocycles. The Morgan fingerprint density at radius 3 is 2.43 bits per heavy atom. The van der Waals surface area contributed by atoms with Gasteiger partial charge in [-0.05, 0) is 61.7 Å². The van der Waals surface area contributed by atoms with Gasteiger partial charge in [0, 0.05) is 21.4 Å². The molecule has 0 aliphatic carbocycles. The number of halogens is 1. The Bertz CT molecular complexity index is 907. The summed E-state index contributed by atoms with van der Waals surface area (Å²) >= 11 is 3.68. The standard InChI is InChI=1S/C21H26BrN3O3/c1-13-7-6-8-14(2)20(13)25-15(3)17(19(22)16(25)4)12-23-24-18(26)11-21(5)27-9-10-28-21/h6-8,12H,9-11H2,1-5H3,(H,24,26)/b23-12-. The lowest BCUT2D eigenvalue weighted by atomic mass is 10.1. The van der Waals surface area contributed by atoms with Crippen LogP contribution in [0.25, 0.3) is 5.69 Å². The van der Waals surface area contributed by atoms with Crippen LogP contribution in [0.15, 0.2) is 27.8 Å². The highest BCUT2D eigenvalue weighted by atomic mass is 79.9. The van der Waals surface area contributed by atoms with E-state index < -0.39 is 5.79 Å². The molecule has 0 bridgehead atoms. The first-order valence-corrected chi connectivity index (χ1v) is 10.1. The fraction of sp³-hybridized carbons (Fsp3) is 0.429. The maximum absolute atomic E-state index is 12.1. The van der Waals surface area contributed by atoms with E-state index >= 15 is 0 Å². The third-order valence-corrected chi connectivity index (χ3v) is 6.04. The highest BCUT2D eigenvalue weighted by Gasteiger charge is 2.33. The number of hydrogen-bond acceptors (Lipinski definition) is 4. The Labute approximate surface area is 174 Å². The van der Waals surface area contributed by atoms with E-state index in [0.717, 1.165) is 21.4 Å². The monoisotopic (exact) mass is 447 g/mol. The first-order valence-electron chi connectivity index (χ1n) is 9.27. The van der Waals surface area contributed by atoms with Crippen molar-refractivity contribution >= 4 is 28.1 Å². The van der Waals surface area contributed by atoms with E-state index in [4.69, 9.17) is 9.47 Å². The number of amides is 1. The van der Waals surface area contributed by atoms with Crippen molar-refractivity contribution in [3.63, 3.8) is 0 Å². The normalized spacial score (nSPS) is 16.1. The lowest BCUT2D eigenvalue weighted by Crippen LogP contribution is -2.33. The molecule has 0 radical (unpaired) electrons. The van der Waals surface area contributed by atoms with E-state index in [9.17, 15) is 4.79 Å². The molecular formula is C21H26BrN3O3. The van der Waals surface area contributed by atoms with E-state index in [-0.39, 0.29) is 12.3 Å². The number of carbonyl (C=O) groups excluding carboxylic acids is 1. The Morgan fingerprint density at radius 1 is 1.21 bits per heavy atom. The molecule has 2 aromatic rings. The lowest BCUT2D eigenvalue weighted by Gasteiger charge is -2.20. The van der Waals surface area contributed by atoms with Crippen LogP contribution in [0.3, 0.4) is 0 Å². The zero-order valence-electron chi connectivity index (χ0n) is 16.9. The second-order valence-electron chi connectivity index (χ2n) is 7.27. The molecule has 2 heterocycles. The summed E-state index contributed by atoms with van der Waals surface area (Å²) in [6, 6.07) is 6.28. The fourth-order valence-electron chi connectivity index (χ4n) is 3.63. The SMILES string of the molecule is Cc1cccc(C)c1-n1c(C)c(Br)c(/C=N\NC(=O)CC2(C)OCCO2)c1C. The average molecular weight is 448 g/mol. The summed E-state index contributed by atoms with van der Waals surface area (Å²) in [4.78, 5) is 12.1. The van der Waals surface area contributed by atoms with E-state index in [0.29, 0.717) is 13.2 Å². The van der Waals surface area contributed by atoms with Crippen LogP contribution in [0, 0.1) is 27.7 Å². The minimum atomic E-state index is -0.863. The van der Waals surface area contributed by atoms with Gasteiger partial charge in [0.15, 0.2) is 5.79 Å². The zero-order valence-corrected chi connectivity index (χ0v) is 18.5. The van der Waals surface area contributed by atoms with Crippen LogP contribution in [0.2, 0.25) is 0 Å². The Balaban J connectivity index is 1.82. The molecule has 150 valence electrons. The Kier molecular flexibility index (Phi) is 6.07. The van der Waals surface area contributed by atoms with Crippen LogP contribution in [0.5, 0.6) is 0 Å². The van der Waals surface area contributed by atoms with Crippen LogP contribution in [-0.2, 0) is 14.3 Å². The van der Waals surface area contributed by atoms with Gasteiger partial charge in [-0.3, -0.25) is 4.79 Å². The van der Waals surface area contributed by atoms with Crippen molar-refractivity contribution in [2.45, 2.75) is 46.8 Å². The number of benzene rings is 1. The summed E-state index contributed by atoms with van der Waals surface area (Å²) in [5, 5.41) is 4.15. The van der Waals surface area contributed by atoms with E-state index in [1.54, 1.807) is 13.1 Å². The quantitative estimate of drug-likeness (QED) is 0.554. The first-order chi connectivity index (χ1) is 13.2. The van der Waals surface area contributed by atoms with Crippen molar-refractivity contribution in [3.05, 3.63) is 50.8 Å². The van der Waals surface area contributed by atoms with Crippen LogP contribution in [0.1, 0.15) is 41.4 Å². The van der Waals surface area contributed by atoms with Gasteiger partial charge in [-0.1, -0.05) is 18.2 Å². The van der Waals surface area contributed by atoms with Crippen molar-refractivity contribution < 1.29 is 14.3 Å². The molecule has 1 amide bonds. The highest BCUT2D eigenvalue weighted by Crippen LogP contribution is 2.32. The van der Waals surface area contributed by atoms with E-state index in [2.05, 4.69) is 70.0 Å². The van der Waals surface area contributed by atoms with Gasteiger partial charge in [-0.2, -0.15) is 5.10 Å². The largest absolute Gasteiger partial charge is 0.347 e. The molecule has 1 aliphatic rings. The number of aromatic nitrogens is 1. The number of hydrazone groups is 1. The van der Waals surface area contributed by atoms with Gasteiger partial charge in [0.25, 0.3) is 0 Å². The number of aryl methyl sites for hydroxylation is 2. The van der Waals surface area contributed by atoms with Gasteiger partial charge in [-0.15, -0.1) is 0 Å². The Morgan fingerprint density at radius 2 is 1.82 bits per heavy atom. The topological polar surface area (TPSA) is 64.9 Å².